The molecule has 0 saturated carbocycles. The number of sulfonamides is 1. The van der Waals surface area contributed by atoms with E-state index in [1.807, 2.05) is 17.0 Å². The highest BCUT2D eigenvalue weighted by Gasteiger charge is 2.45. The van der Waals surface area contributed by atoms with Gasteiger partial charge in [-0.1, -0.05) is 0 Å². The van der Waals surface area contributed by atoms with Gasteiger partial charge >= 0.3 is 6.03 Å². The van der Waals surface area contributed by atoms with Gasteiger partial charge < -0.3 is 29.0 Å². The molecule has 1 unspecified atom stereocenters. The van der Waals surface area contributed by atoms with E-state index < -0.39 is 44.9 Å². The van der Waals surface area contributed by atoms with Gasteiger partial charge in [-0.15, -0.1) is 0 Å². The molecule has 4 aliphatic heterocycles. The Bertz CT molecular complexity index is 2350. The monoisotopic (exact) mass is 819 g/mol. The molecule has 58 heavy (non-hydrogen) atoms. The average Bonchev–Trinajstić information content (AvgIpc) is 3.44. The Labute approximate surface area is 334 Å². The number of carbonyl (C=O) groups excluding carboxylic acids is 5. The zero-order valence-electron chi connectivity index (χ0n) is 32.6. The van der Waals surface area contributed by atoms with E-state index in [4.69, 9.17) is 14.2 Å². The highest BCUT2D eigenvalue weighted by molar-refractivity contribution is 7.90. The minimum Gasteiger partial charge on any atom is -0.496 e. The Kier molecular flexibility index (Phi) is 11.3. The van der Waals surface area contributed by atoms with Crippen molar-refractivity contribution in [2.75, 3.05) is 54.1 Å². The molecule has 1 aromatic heterocycles. The van der Waals surface area contributed by atoms with Gasteiger partial charge in [-0.25, -0.2) is 17.9 Å². The summed E-state index contributed by atoms with van der Waals surface area (Å²) in [5.74, 6) is -0.994. The molecule has 0 spiro atoms. The van der Waals surface area contributed by atoms with Gasteiger partial charge in [0.05, 0.1) is 44.1 Å². The number of nitrogens with one attached hydrogen (secondary N) is 3. The first-order chi connectivity index (χ1) is 27.7. The maximum absolute atomic E-state index is 13.1. The third-order valence-corrected chi connectivity index (χ3v) is 12.8. The number of ether oxygens (including phenoxy) is 3. The van der Waals surface area contributed by atoms with Crippen molar-refractivity contribution in [2.24, 2.45) is 7.05 Å². The summed E-state index contributed by atoms with van der Waals surface area (Å²) in [5, 5.41) is 4.15. The predicted molar refractivity (Wildman–Crippen MR) is 208 cm³/mol. The number of urea groups is 1. The number of nitrogens with zero attached hydrogens (tertiary/aromatic N) is 4. The van der Waals surface area contributed by atoms with Crippen molar-refractivity contribution >= 4 is 39.7 Å². The molecule has 1 atom stereocenters. The van der Waals surface area contributed by atoms with E-state index in [1.54, 1.807) is 39.4 Å². The smallest absolute Gasteiger partial charge is 0.317 e. The molecule has 2 aromatic carbocycles. The van der Waals surface area contributed by atoms with Crippen molar-refractivity contribution in [3.05, 3.63) is 74.7 Å². The van der Waals surface area contributed by atoms with Crippen LogP contribution in [0.5, 0.6) is 17.2 Å². The van der Waals surface area contributed by atoms with Gasteiger partial charge in [0, 0.05) is 70.6 Å². The van der Waals surface area contributed by atoms with Crippen LogP contribution in [0.4, 0.5) is 4.79 Å². The van der Waals surface area contributed by atoms with Crippen molar-refractivity contribution < 1.29 is 46.6 Å². The molecule has 19 heteroatoms. The molecule has 18 nitrogen and oxygen atoms in total. The maximum Gasteiger partial charge on any atom is 0.317 e. The van der Waals surface area contributed by atoms with Gasteiger partial charge in [0.25, 0.3) is 17.4 Å². The normalized spacial score (nSPS) is 18.4. The van der Waals surface area contributed by atoms with Gasteiger partial charge in [-0.05, 0) is 60.7 Å². The zero-order chi connectivity index (χ0) is 41.5. The summed E-state index contributed by atoms with van der Waals surface area (Å²) >= 11 is 0. The number of fused-ring (bicyclic) bond motifs is 2. The molecular formula is C39H45N7O11S. The summed E-state index contributed by atoms with van der Waals surface area (Å²) in [6.07, 6.45) is 2.69. The van der Waals surface area contributed by atoms with Crippen LogP contribution in [0.2, 0.25) is 0 Å². The Morgan fingerprint density at radius 1 is 0.931 bits per heavy atom. The van der Waals surface area contributed by atoms with Gasteiger partial charge in [-0.3, -0.25) is 39.1 Å². The molecule has 0 aliphatic carbocycles. The highest BCUT2D eigenvalue weighted by atomic mass is 32.2. The molecule has 0 bridgehead atoms. The number of hydrogen-bond donors (Lipinski definition) is 3. The van der Waals surface area contributed by atoms with E-state index in [-0.39, 0.29) is 68.3 Å². The van der Waals surface area contributed by atoms with E-state index >= 15 is 0 Å². The molecule has 5 heterocycles. The first kappa shape index (κ1) is 40.4. The topological polar surface area (TPSA) is 215 Å². The van der Waals surface area contributed by atoms with Crippen LogP contribution < -0.4 is 35.1 Å². The molecule has 3 N–H and O–H groups in total. The fourth-order valence-corrected chi connectivity index (χ4v) is 9.36. The predicted octanol–water partition coefficient (Wildman–Crippen LogP) is 0.741. The summed E-state index contributed by atoms with van der Waals surface area (Å²) < 4.78 is 47.8. The number of aryl methyl sites for hydroxylation is 1. The van der Waals surface area contributed by atoms with Crippen LogP contribution in [0.1, 0.15) is 56.7 Å². The van der Waals surface area contributed by atoms with Gasteiger partial charge in [0.1, 0.15) is 28.5 Å². The number of carbonyl (C=O) groups is 5. The molecule has 3 aromatic rings. The fraction of sp³-hybridized carbons (Fsp3) is 0.436. The van der Waals surface area contributed by atoms with Crippen molar-refractivity contribution in [1.29, 1.82) is 0 Å². The van der Waals surface area contributed by atoms with Crippen molar-refractivity contribution in [3.8, 4) is 28.4 Å². The lowest BCUT2D eigenvalue weighted by atomic mass is 9.91. The molecule has 4 aliphatic rings. The number of methoxy groups -OCH3 is 2. The largest absolute Gasteiger partial charge is 0.496 e. The second kappa shape index (κ2) is 16.2. The van der Waals surface area contributed by atoms with Gasteiger partial charge in [-0.2, -0.15) is 0 Å². The lowest BCUT2D eigenvalue weighted by Crippen LogP contribution is -2.57. The number of rotatable bonds is 13. The van der Waals surface area contributed by atoms with Crippen molar-refractivity contribution in [3.63, 3.8) is 0 Å². The lowest BCUT2D eigenvalue weighted by Gasteiger charge is -2.39. The zero-order valence-corrected chi connectivity index (χ0v) is 33.4. The SMILES string of the molecule is CNC(=O)N1CCc2c(-c3cc(OC)c(CN4CC(S(=O)(=O)NCCCOc5ccc6c(c5)C(=O)N(C5CCC(=O)NC5=O)C6=O)C4)c(OC)c3)cn(C)c(=O)c2C1. The number of pyridine rings is 1. The number of benzene rings is 2. The minimum atomic E-state index is -3.65. The van der Waals surface area contributed by atoms with E-state index in [0.717, 1.165) is 27.2 Å². The second-order valence-corrected chi connectivity index (χ2v) is 16.7. The fourth-order valence-electron chi connectivity index (χ4n) is 7.88. The maximum atomic E-state index is 13.1. The van der Waals surface area contributed by atoms with E-state index in [9.17, 15) is 37.2 Å². The summed E-state index contributed by atoms with van der Waals surface area (Å²) in [6, 6.07) is 6.86. The van der Waals surface area contributed by atoms with Crippen LogP contribution >= 0.6 is 0 Å². The van der Waals surface area contributed by atoms with Crippen LogP contribution in [0.15, 0.2) is 41.3 Å². The number of aromatic nitrogens is 1. The third kappa shape index (κ3) is 7.63. The van der Waals surface area contributed by atoms with Gasteiger partial charge in [0.15, 0.2) is 0 Å². The Hall–Kier alpha value is -5.79. The number of hydrogen-bond acceptors (Lipinski definition) is 12. The number of imide groups is 2. The third-order valence-electron chi connectivity index (χ3n) is 11.0. The van der Waals surface area contributed by atoms with Crippen LogP contribution in [0, 0.1) is 0 Å². The lowest BCUT2D eigenvalue weighted by molar-refractivity contribution is -0.136. The summed E-state index contributed by atoms with van der Waals surface area (Å²) in [7, 11) is 2.70. The first-order valence-electron chi connectivity index (χ1n) is 18.9. The molecule has 2 saturated heterocycles. The Morgan fingerprint density at radius 3 is 2.31 bits per heavy atom. The summed E-state index contributed by atoms with van der Waals surface area (Å²) in [5.41, 5.74) is 3.86. The van der Waals surface area contributed by atoms with Crippen LogP contribution in [0.25, 0.3) is 11.1 Å². The van der Waals surface area contributed by atoms with Gasteiger partial charge in [0.2, 0.25) is 21.8 Å². The summed E-state index contributed by atoms with van der Waals surface area (Å²) in [6.45, 7) is 1.84. The Morgan fingerprint density at radius 2 is 1.64 bits per heavy atom. The van der Waals surface area contributed by atoms with Crippen LogP contribution in [0.3, 0.4) is 0 Å². The summed E-state index contributed by atoms with van der Waals surface area (Å²) in [4.78, 5) is 79.8. The standard InChI is InChI=1S/C39H45N7O11S/c1-40-39(52)45-12-10-25-28(19-43(2)36(49)29(25)21-45)22-14-32(55-3)30(33(15-22)56-4)20-44-17-24(18-44)58(53,54)41-11-5-13-57-23-6-7-26-27(16-23)38(51)46(37(26)50)31-8-9-34(47)42-35(31)48/h6-7,14-16,19,24,31,41H,5,8-13,17-18,20-21H2,1-4H3,(H,40,52)(H,42,47,48). The van der Waals surface area contributed by atoms with Crippen LogP contribution in [-0.4, -0.2) is 123 Å². The van der Waals surface area contributed by atoms with E-state index in [2.05, 4.69) is 15.4 Å². The molecule has 0 radical (unpaired) electrons. The second-order valence-electron chi connectivity index (χ2n) is 14.6. The Balaban J connectivity index is 0.924. The van der Waals surface area contributed by atoms with E-state index in [0.29, 0.717) is 48.7 Å². The number of amides is 6. The van der Waals surface area contributed by atoms with Crippen molar-refractivity contribution in [2.45, 2.75) is 50.1 Å². The molecule has 2 fully saturated rings. The first-order valence-corrected chi connectivity index (χ1v) is 20.4. The molecule has 6 amide bonds. The number of likely N-dealkylation sites (tertiary alicyclic amines) is 1. The van der Waals surface area contributed by atoms with Crippen LogP contribution in [-0.2, 0) is 46.2 Å². The minimum absolute atomic E-state index is 0.0212. The average molecular weight is 820 g/mol. The molecule has 308 valence electrons. The molecular weight excluding hydrogens is 775 g/mol. The number of piperidine rings is 1. The van der Waals surface area contributed by atoms with Crippen molar-refractivity contribution in [1.82, 2.24) is 34.6 Å². The van der Waals surface area contributed by atoms with E-state index in [1.165, 1.54) is 22.8 Å². The molecule has 7 rings (SSSR count). The quantitative estimate of drug-likeness (QED) is 0.161. The highest BCUT2D eigenvalue weighted by Crippen LogP contribution is 2.39.